The Hall–Kier alpha value is -1.73. The van der Waals surface area contributed by atoms with Crippen LogP contribution in [-0.4, -0.2) is 24.3 Å². The summed E-state index contributed by atoms with van der Waals surface area (Å²) in [5, 5.41) is 12.8. The van der Waals surface area contributed by atoms with Crippen LogP contribution in [0.1, 0.15) is 40.0 Å². The van der Waals surface area contributed by atoms with E-state index in [9.17, 15) is 5.26 Å². The molecule has 0 radical (unpaired) electrons. The molecular formula is C17H24N2O2. The van der Waals surface area contributed by atoms with Gasteiger partial charge in [-0.05, 0) is 45.7 Å². The molecule has 21 heavy (non-hydrogen) atoms. The Morgan fingerprint density at radius 2 is 2.05 bits per heavy atom. The first-order valence-electron chi connectivity index (χ1n) is 7.64. The standard InChI is InChI=1S/C17H24N2O2/c1-4-20-15-7-5-6-8-16(15)21-13(2)11-17(3,12-18)19-14-9-10-14/h5-8,13-14,19H,4,9-11H2,1-3H3. The Bertz CT molecular complexity index is 508. The minimum Gasteiger partial charge on any atom is -0.490 e. The molecule has 0 spiro atoms. The molecule has 0 amide bonds. The molecule has 114 valence electrons. The number of benzene rings is 1. The average Bonchev–Trinajstić information content (AvgIpc) is 3.25. The first kappa shape index (κ1) is 15.7. The Kier molecular flexibility index (Phi) is 5.08. The van der Waals surface area contributed by atoms with Crippen LogP contribution in [0.5, 0.6) is 11.5 Å². The molecule has 1 aliphatic rings. The average molecular weight is 288 g/mol. The molecule has 1 aliphatic carbocycles. The van der Waals surface area contributed by atoms with Crippen molar-refractivity contribution >= 4 is 0 Å². The Morgan fingerprint density at radius 3 is 2.62 bits per heavy atom. The van der Waals surface area contributed by atoms with Crippen molar-refractivity contribution in [3.05, 3.63) is 24.3 Å². The summed E-state index contributed by atoms with van der Waals surface area (Å²) in [5.41, 5.74) is -0.541. The van der Waals surface area contributed by atoms with E-state index in [1.165, 1.54) is 12.8 Å². The fraction of sp³-hybridized carbons (Fsp3) is 0.588. The van der Waals surface area contributed by atoms with Crippen molar-refractivity contribution in [3.63, 3.8) is 0 Å². The third kappa shape index (κ3) is 4.64. The van der Waals surface area contributed by atoms with Crippen LogP contribution in [-0.2, 0) is 0 Å². The zero-order valence-corrected chi connectivity index (χ0v) is 13.1. The van der Waals surface area contributed by atoms with Gasteiger partial charge >= 0.3 is 0 Å². The first-order valence-corrected chi connectivity index (χ1v) is 7.64. The van der Waals surface area contributed by atoms with Crippen molar-refractivity contribution in [2.75, 3.05) is 6.61 Å². The normalized spacial score (nSPS) is 18.4. The second-order valence-electron chi connectivity index (χ2n) is 5.87. The van der Waals surface area contributed by atoms with E-state index in [-0.39, 0.29) is 6.10 Å². The molecule has 1 aromatic carbocycles. The number of hydrogen-bond donors (Lipinski definition) is 1. The highest BCUT2D eigenvalue weighted by atomic mass is 16.5. The van der Waals surface area contributed by atoms with Gasteiger partial charge in [0, 0.05) is 12.5 Å². The highest BCUT2D eigenvalue weighted by molar-refractivity contribution is 5.39. The van der Waals surface area contributed by atoms with Crippen molar-refractivity contribution in [1.29, 1.82) is 5.26 Å². The maximum absolute atomic E-state index is 9.42. The molecule has 2 unspecified atom stereocenters. The SMILES string of the molecule is CCOc1ccccc1OC(C)CC(C)(C#N)NC1CC1. The Balaban J connectivity index is 1.97. The van der Waals surface area contributed by atoms with Crippen LogP contribution < -0.4 is 14.8 Å². The molecule has 2 atom stereocenters. The number of nitriles is 1. The van der Waals surface area contributed by atoms with Gasteiger partial charge in [-0.1, -0.05) is 12.1 Å². The molecule has 0 aliphatic heterocycles. The second kappa shape index (κ2) is 6.82. The van der Waals surface area contributed by atoms with Gasteiger partial charge in [-0.15, -0.1) is 0 Å². The van der Waals surface area contributed by atoms with E-state index < -0.39 is 5.54 Å². The molecule has 4 nitrogen and oxygen atoms in total. The van der Waals surface area contributed by atoms with Crippen molar-refractivity contribution in [1.82, 2.24) is 5.32 Å². The largest absolute Gasteiger partial charge is 0.490 e. The smallest absolute Gasteiger partial charge is 0.161 e. The molecule has 2 rings (SSSR count). The Morgan fingerprint density at radius 1 is 1.38 bits per heavy atom. The van der Waals surface area contributed by atoms with Crippen LogP contribution in [0.3, 0.4) is 0 Å². The highest BCUT2D eigenvalue weighted by Crippen LogP contribution is 2.30. The van der Waals surface area contributed by atoms with Crippen LogP contribution >= 0.6 is 0 Å². The summed E-state index contributed by atoms with van der Waals surface area (Å²) in [6, 6.07) is 10.5. The van der Waals surface area contributed by atoms with Gasteiger partial charge in [-0.3, -0.25) is 5.32 Å². The molecular weight excluding hydrogens is 264 g/mol. The van der Waals surface area contributed by atoms with Crippen LogP contribution in [0.25, 0.3) is 0 Å². The third-order valence-electron chi connectivity index (χ3n) is 3.52. The van der Waals surface area contributed by atoms with E-state index in [1.807, 2.05) is 45.0 Å². The van der Waals surface area contributed by atoms with Crippen LogP contribution in [0, 0.1) is 11.3 Å². The van der Waals surface area contributed by atoms with E-state index in [2.05, 4.69) is 11.4 Å². The molecule has 0 bridgehead atoms. The second-order valence-corrected chi connectivity index (χ2v) is 5.87. The summed E-state index contributed by atoms with van der Waals surface area (Å²) >= 11 is 0. The van der Waals surface area contributed by atoms with E-state index >= 15 is 0 Å². The van der Waals surface area contributed by atoms with Crippen molar-refractivity contribution < 1.29 is 9.47 Å². The number of hydrogen-bond acceptors (Lipinski definition) is 4. The summed E-state index contributed by atoms with van der Waals surface area (Å²) < 4.78 is 11.5. The van der Waals surface area contributed by atoms with Gasteiger partial charge < -0.3 is 9.47 Å². The lowest BCUT2D eigenvalue weighted by Crippen LogP contribution is -2.45. The number of rotatable bonds is 8. The first-order chi connectivity index (χ1) is 10.1. The maximum atomic E-state index is 9.42. The zero-order valence-electron chi connectivity index (χ0n) is 13.1. The lowest BCUT2D eigenvalue weighted by Gasteiger charge is -2.27. The summed E-state index contributed by atoms with van der Waals surface area (Å²) in [5.74, 6) is 1.49. The van der Waals surface area contributed by atoms with Crippen molar-refractivity contribution in [2.45, 2.75) is 57.7 Å². The summed E-state index contributed by atoms with van der Waals surface area (Å²) in [4.78, 5) is 0. The molecule has 4 heteroatoms. The van der Waals surface area contributed by atoms with Crippen LogP contribution in [0.2, 0.25) is 0 Å². The maximum Gasteiger partial charge on any atom is 0.161 e. The van der Waals surface area contributed by atoms with Gasteiger partial charge in [-0.2, -0.15) is 5.26 Å². The van der Waals surface area contributed by atoms with Crippen molar-refractivity contribution in [3.8, 4) is 17.6 Å². The fourth-order valence-electron chi connectivity index (χ4n) is 2.47. The van der Waals surface area contributed by atoms with E-state index in [0.717, 1.165) is 11.5 Å². The van der Waals surface area contributed by atoms with Crippen LogP contribution in [0.4, 0.5) is 0 Å². The van der Waals surface area contributed by atoms with E-state index in [0.29, 0.717) is 19.1 Å². The predicted octanol–water partition coefficient (Wildman–Crippen LogP) is 3.28. The lowest BCUT2D eigenvalue weighted by atomic mass is 9.96. The Labute approximate surface area is 127 Å². The summed E-state index contributed by atoms with van der Waals surface area (Å²) in [7, 11) is 0. The van der Waals surface area contributed by atoms with Gasteiger partial charge in [0.1, 0.15) is 5.54 Å². The van der Waals surface area contributed by atoms with Crippen molar-refractivity contribution in [2.24, 2.45) is 0 Å². The molecule has 1 saturated carbocycles. The van der Waals surface area contributed by atoms with Crippen LogP contribution in [0.15, 0.2) is 24.3 Å². The molecule has 0 saturated heterocycles. The predicted molar refractivity (Wildman–Crippen MR) is 82.5 cm³/mol. The number of nitrogens with one attached hydrogen (secondary N) is 1. The zero-order chi connectivity index (χ0) is 15.3. The number of para-hydroxylation sites is 2. The molecule has 0 aromatic heterocycles. The lowest BCUT2D eigenvalue weighted by molar-refractivity contribution is 0.170. The summed E-state index contributed by atoms with van der Waals surface area (Å²) in [6.45, 7) is 6.49. The fourth-order valence-corrected chi connectivity index (χ4v) is 2.47. The van der Waals surface area contributed by atoms with E-state index in [1.54, 1.807) is 0 Å². The topological polar surface area (TPSA) is 54.3 Å². The van der Waals surface area contributed by atoms with E-state index in [4.69, 9.17) is 9.47 Å². The monoisotopic (exact) mass is 288 g/mol. The molecule has 1 aromatic rings. The van der Waals surface area contributed by atoms with Gasteiger partial charge in [-0.25, -0.2) is 0 Å². The molecule has 0 heterocycles. The van der Waals surface area contributed by atoms with Gasteiger partial charge in [0.2, 0.25) is 0 Å². The van der Waals surface area contributed by atoms with Gasteiger partial charge in [0.05, 0.1) is 18.8 Å². The van der Waals surface area contributed by atoms with Gasteiger partial charge in [0.25, 0.3) is 0 Å². The van der Waals surface area contributed by atoms with Gasteiger partial charge in [0.15, 0.2) is 11.5 Å². The number of nitrogens with zero attached hydrogens (tertiary/aromatic N) is 1. The quantitative estimate of drug-likeness (QED) is 0.797. The minimum absolute atomic E-state index is 0.0671. The molecule has 1 fully saturated rings. The minimum atomic E-state index is -0.541. The summed E-state index contributed by atoms with van der Waals surface area (Å²) in [6.07, 6.45) is 2.90. The third-order valence-corrected chi connectivity index (χ3v) is 3.52. The molecule has 1 N–H and O–H groups in total. The highest BCUT2D eigenvalue weighted by Gasteiger charge is 2.34. The number of ether oxygens (including phenoxy) is 2.